The summed E-state index contributed by atoms with van der Waals surface area (Å²) in [5.41, 5.74) is 1.16. The highest BCUT2D eigenvalue weighted by Gasteiger charge is 2.48. The molecule has 0 bridgehead atoms. The summed E-state index contributed by atoms with van der Waals surface area (Å²) < 4.78 is 6.23. The minimum atomic E-state index is -0.367. The van der Waals surface area contributed by atoms with Gasteiger partial charge in [0.1, 0.15) is 11.4 Å². The zero-order chi connectivity index (χ0) is 12.1. The van der Waals surface area contributed by atoms with Gasteiger partial charge in [-0.25, -0.2) is 0 Å². The summed E-state index contributed by atoms with van der Waals surface area (Å²) in [5.74, 6) is 0.879. The Balaban J connectivity index is 1.94. The van der Waals surface area contributed by atoms with Crippen molar-refractivity contribution in [2.45, 2.75) is 51.2 Å². The zero-order valence-electron chi connectivity index (χ0n) is 10.6. The van der Waals surface area contributed by atoms with E-state index in [1.54, 1.807) is 0 Å². The lowest BCUT2D eigenvalue weighted by Crippen LogP contribution is -2.39. The summed E-state index contributed by atoms with van der Waals surface area (Å²) >= 11 is 0. The molecule has 2 atom stereocenters. The molecule has 1 fully saturated rings. The number of hydrogen-bond donors (Lipinski definition) is 1. The van der Waals surface area contributed by atoms with Crippen LogP contribution in [-0.4, -0.2) is 10.7 Å². The van der Waals surface area contributed by atoms with Crippen LogP contribution >= 0.6 is 0 Å². The van der Waals surface area contributed by atoms with Crippen molar-refractivity contribution in [2.75, 3.05) is 0 Å². The number of ether oxygens (including phenoxy) is 1. The molecule has 1 aromatic carbocycles. The van der Waals surface area contributed by atoms with Crippen LogP contribution in [0.3, 0.4) is 0 Å². The Bertz CT molecular complexity index is 438. The van der Waals surface area contributed by atoms with E-state index in [1.807, 2.05) is 24.3 Å². The average molecular weight is 232 g/mol. The number of benzene rings is 1. The van der Waals surface area contributed by atoms with Crippen LogP contribution in [0.1, 0.15) is 51.2 Å². The van der Waals surface area contributed by atoms with Crippen LogP contribution in [0.25, 0.3) is 0 Å². The van der Waals surface area contributed by atoms with E-state index >= 15 is 0 Å². The van der Waals surface area contributed by atoms with E-state index in [0.717, 1.165) is 30.6 Å². The molecule has 2 nitrogen and oxygen atoms in total. The van der Waals surface area contributed by atoms with Gasteiger partial charge in [-0.1, -0.05) is 32.0 Å². The van der Waals surface area contributed by atoms with Crippen LogP contribution in [-0.2, 0) is 0 Å². The fraction of sp³-hybridized carbons (Fsp3) is 0.600. The maximum absolute atomic E-state index is 10.3. The van der Waals surface area contributed by atoms with E-state index in [9.17, 15) is 5.11 Å². The molecular formula is C15H20O2. The van der Waals surface area contributed by atoms with Crippen LogP contribution in [0, 0.1) is 5.41 Å². The molecule has 1 spiro atoms. The molecule has 0 aromatic heterocycles. The normalized spacial score (nSPS) is 34.4. The molecule has 0 radical (unpaired) electrons. The number of hydrogen-bond acceptors (Lipinski definition) is 2. The van der Waals surface area contributed by atoms with E-state index in [1.165, 1.54) is 6.42 Å². The topological polar surface area (TPSA) is 29.5 Å². The second-order valence-corrected chi connectivity index (χ2v) is 6.38. The third-order valence-corrected chi connectivity index (χ3v) is 4.23. The van der Waals surface area contributed by atoms with Gasteiger partial charge in [0.15, 0.2) is 0 Å². The molecule has 1 unspecified atom stereocenters. The van der Waals surface area contributed by atoms with Gasteiger partial charge in [-0.2, -0.15) is 0 Å². The van der Waals surface area contributed by atoms with Gasteiger partial charge in [-0.15, -0.1) is 0 Å². The average Bonchev–Trinajstić information content (AvgIpc) is 2.54. The summed E-state index contributed by atoms with van der Waals surface area (Å²) in [7, 11) is 0. The molecular weight excluding hydrogens is 212 g/mol. The molecule has 0 amide bonds. The number of aliphatic hydroxyl groups excluding tert-OH is 1. The minimum Gasteiger partial charge on any atom is -0.487 e. The van der Waals surface area contributed by atoms with Gasteiger partial charge >= 0.3 is 0 Å². The molecule has 1 aliphatic heterocycles. The Kier molecular flexibility index (Phi) is 2.27. The Morgan fingerprint density at radius 1 is 1.24 bits per heavy atom. The van der Waals surface area contributed by atoms with Crippen molar-refractivity contribution in [1.82, 2.24) is 0 Å². The largest absolute Gasteiger partial charge is 0.487 e. The molecule has 92 valence electrons. The van der Waals surface area contributed by atoms with Crippen LogP contribution < -0.4 is 4.74 Å². The summed E-state index contributed by atoms with van der Waals surface area (Å²) in [6.07, 6.45) is 3.67. The number of para-hydroxylation sites is 1. The van der Waals surface area contributed by atoms with E-state index in [0.29, 0.717) is 5.41 Å². The van der Waals surface area contributed by atoms with Crippen molar-refractivity contribution in [3.8, 4) is 5.75 Å². The van der Waals surface area contributed by atoms with Crippen molar-refractivity contribution >= 4 is 0 Å². The molecule has 1 aliphatic carbocycles. The third kappa shape index (κ3) is 1.85. The van der Waals surface area contributed by atoms with Crippen molar-refractivity contribution in [2.24, 2.45) is 5.41 Å². The van der Waals surface area contributed by atoms with Gasteiger partial charge in [0.05, 0.1) is 6.10 Å². The first kappa shape index (κ1) is 11.1. The predicted molar refractivity (Wildman–Crippen MR) is 67.0 cm³/mol. The number of rotatable bonds is 0. The fourth-order valence-electron chi connectivity index (χ4n) is 3.46. The maximum Gasteiger partial charge on any atom is 0.125 e. The lowest BCUT2D eigenvalue weighted by molar-refractivity contribution is -0.0155. The van der Waals surface area contributed by atoms with Gasteiger partial charge < -0.3 is 9.84 Å². The quantitative estimate of drug-likeness (QED) is 0.742. The number of fused-ring (bicyclic) bond motifs is 1. The molecule has 0 saturated heterocycles. The Morgan fingerprint density at radius 3 is 2.71 bits per heavy atom. The van der Waals surface area contributed by atoms with E-state index in [-0.39, 0.29) is 11.7 Å². The first-order chi connectivity index (χ1) is 8.00. The van der Waals surface area contributed by atoms with E-state index < -0.39 is 0 Å². The lowest BCUT2D eigenvalue weighted by atomic mass is 9.83. The Labute approximate surface area is 103 Å². The molecule has 1 heterocycles. The fourth-order valence-corrected chi connectivity index (χ4v) is 3.46. The Hall–Kier alpha value is -1.02. The standard InChI is InChI=1S/C15H20O2/c1-14(2)7-8-15(10-14)9-12(16)11-5-3-4-6-13(11)17-15/h3-6,12,16H,7-10H2,1-2H3/t12-,15?/m1/s1. The molecule has 17 heavy (non-hydrogen) atoms. The lowest BCUT2D eigenvalue weighted by Gasteiger charge is -2.39. The molecule has 3 rings (SSSR count). The van der Waals surface area contributed by atoms with Crippen LogP contribution in [0.2, 0.25) is 0 Å². The summed E-state index contributed by atoms with van der Waals surface area (Å²) in [4.78, 5) is 0. The van der Waals surface area contributed by atoms with Gasteiger partial charge in [-0.05, 0) is 30.7 Å². The monoisotopic (exact) mass is 232 g/mol. The van der Waals surface area contributed by atoms with Crippen molar-refractivity contribution < 1.29 is 9.84 Å². The van der Waals surface area contributed by atoms with Gasteiger partial charge in [0.2, 0.25) is 0 Å². The van der Waals surface area contributed by atoms with Crippen molar-refractivity contribution in [3.63, 3.8) is 0 Å². The third-order valence-electron chi connectivity index (χ3n) is 4.23. The van der Waals surface area contributed by atoms with Crippen LogP contribution in [0.4, 0.5) is 0 Å². The maximum atomic E-state index is 10.3. The smallest absolute Gasteiger partial charge is 0.125 e. The van der Waals surface area contributed by atoms with Gasteiger partial charge in [0, 0.05) is 12.0 Å². The summed E-state index contributed by atoms with van der Waals surface area (Å²) in [5, 5.41) is 10.3. The second kappa shape index (κ2) is 3.49. The molecule has 1 saturated carbocycles. The van der Waals surface area contributed by atoms with E-state index in [2.05, 4.69) is 13.8 Å². The zero-order valence-corrected chi connectivity index (χ0v) is 10.6. The van der Waals surface area contributed by atoms with Crippen molar-refractivity contribution in [1.29, 1.82) is 0 Å². The molecule has 2 heteroatoms. The second-order valence-electron chi connectivity index (χ2n) is 6.38. The Morgan fingerprint density at radius 2 is 2.00 bits per heavy atom. The summed E-state index contributed by atoms with van der Waals surface area (Å²) in [6, 6.07) is 7.88. The first-order valence-corrected chi connectivity index (χ1v) is 6.46. The SMILES string of the molecule is CC1(C)CCC2(C[C@@H](O)c3ccccc3O2)C1. The van der Waals surface area contributed by atoms with Crippen LogP contribution in [0.5, 0.6) is 5.75 Å². The summed E-state index contributed by atoms with van der Waals surface area (Å²) in [6.45, 7) is 4.58. The van der Waals surface area contributed by atoms with Crippen LogP contribution in [0.15, 0.2) is 24.3 Å². The molecule has 1 aromatic rings. The van der Waals surface area contributed by atoms with Gasteiger partial charge in [-0.3, -0.25) is 0 Å². The predicted octanol–water partition coefficient (Wildman–Crippen LogP) is 3.45. The first-order valence-electron chi connectivity index (χ1n) is 6.46. The highest BCUT2D eigenvalue weighted by Crippen LogP contribution is 2.52. The van der Waals surface area contributed by atoms with Crippen molar-refractivity contribution in [3.05, 3.63) is 29.8 Å². The number of aliphatic hydroxyl groups is 1. The molecule has 2 aliphatic rings. The molecule has 1 N–H and O–H groups in total. The van der Waals surface area contributed by atoms with Gasteiger partial charge in [0.25, 0.3) is 0 Å². The minimum absolute atomic E-state index is 0.128. The highest BCUT2D eigenvalue weighted by molar-refractivity contribution is 5.38. The van der Waals surface area contributed by atoms with E-state index in [4.69, 9.17) is 4.74 Å². The highest BCUT2D eigenvalue weighted by atomic mass is 16.5.